The summed E-state index contributed by atoms with van der Waals surface area (Å²) in [6.45, 7) is 5.75. The SMILES string of the molecule is CC(C)(C)[C@@H](O)[C@@H](N)c1ccc(F)cc1. The van der Waals surface area contributed by atoms with Gasteiger partial charge in [-0.2, -0.15) is 0 Å². The van der Waals surface area contributed by atoms with Gasteiger partial charge in [0.25, 0.3) is 0 Å². The fourth-order valence-corrected chi connectivity index (χ4v) is 1.41. The van der Waals surface area contributed by atoms with E-state index in [0.29, 0.717) is 0 Å². The maximum Gasteiger partial charge on any atom is 0.123 e. The fraction of sp³-hybridized carbons (Fsp3) is 0.500. The Morgan fingerprint density at radius 2 is 1.67 bits per heavy atom. The van der Waals surface area contributed by atoms with Crippen molar-refractivity contribution in [3.05, 3.63) is 35.6 Å². The zero-order valence-corrected chi connectivity index (χ0v) is 9.37. The third-order valence-electron chi connectivity index (χ3n) is 2.48. The molecule has 0 unspecified atom stereocenters. The van der Waals surface area contributed by atoms with Crippen LogP contribution in [0.2, 0.25) is 0 Å². The van der Waals surface area contributed by atoms with Gasteiger partial charge in [-0.25, -0.2) is 4.39 Å². The van der Waals surface area contributed by atoms with Gasteiger partial charge in [-0.1, -0.05) is 32.9 Å². The largest absolute Gasteiger partial charge is 0.391 e. The number of aliphatic hydroxyl groups is 1. The first-order valence-electron chi connectivity index (χ1n) is 5.01. The van der Waals surface area contributed by atoms with Gasteiger partial charge < -0.3 is 10.8 Å². The number of nitrogens with two attached hydrogens (primary N) is 1. The minimum absolute atomic E-state index is 0.284. The van der Waals surface area contributed by atoms with Gasteiger partial charge in [0.15, 0.2) is 0 Å². The van der Waals surface area contributed by atoms with Gasteiger partial charge >= 0.3 is 0 Å². The Bertz CT molecular complexity index is 315. The Morgan fingerprint density at radius 1 is 1.20 bits per heavy atom. The number of hydrogen-bond acceptors (Lipinski definition) is 2. The van der Waals surface area contributed by atoms with E-state index >= 15 is 0 Å². The van der Waals surface area contributed by atoms with Crippen molar-refractivity contribution in [2.24, 2.45) is 11.1 Å². The smallest absolute Gasteiger partial charge is 0.123 e. The molecule has 0 aliphatic heterocycles. The molecular weight excluding hydrogens is 193 g/mol. The third-order valence-corrected chi connectivity index (χ3v) is 2.48. The summed E-state index contributed by atoms with van der Waals surface area (Å²) in [4.78, 5) is 0. The highest BCUT2D eigenvalue weighted by molar-refractivity contribution is 5.21. The van der Waals surface area contributed by atoms with E-state index in [1.165, 1.54) is 12.1 Å². The third kappa shape index (κ3) is 3.01. The lowest BCUT2D eigenvalue weighted by Gasteiger charge is -2.31. The van der Waals surface area contributed by atoms with E-state index in [9.17, 15) is 9.50 Å². The van der Waals surface area contributed by atoms with Crippen LogP contribution in [-0.4, -0.2) is 11.2 Å². The first-order valence-corrected chi connectivity index (χ1v) is 5.01. The van der Waals surface area contributed by atoms with E-state index in [4.69, 9.17) is 5.73 Å². The normalized spacial score (nSPS) is 16.1. The molecule has 0 aliphatic rings. The van der Waals surface area contributed by atoms with Crippen LogP contribution >= 0.6 is 0 Å². The number of halogens is 1. The van der Waals surface area contributed by atoms with Crippen LogP contribution in [0, 0.1) is 11.2 Å². The van der Waals surface area contributed by atoms with Crippen molar-refractivity contribution >= 4 is 0 Å². The zero-order valence-electron chi connectivity index (χ0n) is 9.37. The molecule has 1 aromatic carbocycles. The molecule has 0 saturated heterocycles. The number of benzene rings is 1. The summed E-state index contributed by atoms with van der Waals surface area (Å²) in [6, 6.07) is 5.43. The van der Waals surface area contributed by atoms with Crippen molar-refractivity contribution in [1.82, 2.24) is 0 Å². The molecule has 0 spiro atoms. The van der Waals surface area contributed by atoms with Gasteiger partial charge in [0, 0.05) is 0 Å². The van der Waals surface area contributed by atoms with Crippen molar-refractivity contribution < 1.29 is 9.50 Å². The van der Waals surface area contributed by atoms with Gasteiger partial charge in [-0.15, -0.1) is 0 Å². The molecule has 0 saturated carbocycles. The van der Waals surface area contributed by atoms with E-state index in [1.807, 2.05) is 20.8 Å². The standard InChI is InChI=1S/C12H18FNO/c1-12(2,3)11(15)10(14)8-4-6-9(13)7-5-8/h4-7,10-11,15H,14H2,1-3H3/t10-,11-/m0/s1. The average molecular weight is 211 g/mol. The summed E-state index contributed by atoms with van der Waals surface area (Å²) in [7, 11) is 0. The molecule has 1 aromatic rings. The Labute approximate surface area is 89.9 Å². The number of hydrogen-bond donors (Lipinski definition) is 2. The lowest BCUT2D eigenvalue weighted by molar-refractivity contribution is 0.0401. The molecule has 15 heavy (non-hydrogen) atoms. The van der Waals surface area contributed by atoms with E-state index in [-0.39, 0.29) is 11.2 Å². The Kier molecular flexibility index (Phi) is 3.47. The second-order valence-corrected chi connectivity index (χ2v) is 4.89. The molecule has 0 aliphatic carbocycles. The monoisotopic (exact) mass is 211 g/mol. The average Bonchev–Trinajstić information content (AvgIpc) is 2.15. The highest BCUT2D eigenvalue weighted by atomic mass is 19.1. The van der Waals surface area contributed by atoms with Crippen molar-refractivity contribution in [3.8, 4) is 0 Å². The van der Waals surface area contributed by atoms with Crippen molar-refractivity contribution in [3.63, 3.8) is 0 Å². The van der Waals surface area contributed by atoms with Gasteiger partial charge in [0.1, 0.15) is 5.82 Å². The summed E-state index contributed by atoms with van der Waals surface area (Å²) in [5, 5.41) is 9.96. The molecule has 3 N–H and O–H groups in total. The minimum atomic E-state index is -0.650. The minimum Gasteiger partial charge on any atom is -0.391 e. The summed E-state index contributed by atoms with van der Waals surface area (Å²) in [6.07, 6.45) is -0.650. The van der Waals surface area contributed by atoms with Crippen LogP contribution in [0.25, 0.3) is 0 Å². The van der Waals surface area contributed by atoms with E-state index < -0.39 is 12.1 Å². The summed E-state index contributed by atoms with van der Waals surface area (Å²) >= 11 is 0. The topological polar surface area (TPSA) is 46.2 Å². The van der Waals surface area contributed by atoms with Gasteiger partial charge in [-0.3, -0.25) is 0 Å². The van der Waals surface area contributed by atoms with E-state index in [0.717, 1.165) is 5.56 Å². The quantitative estimate of drug-likeness (QED) is 0.788. The van der Waals surface area contributed by atoms with Crippen LogP contribution in [0.3, 0.4) is 0 Å². The molecule has 2 atom stereocenters. The van der Waals surface area contributed by atoms with Crippen LogP contribution in [0.1, 0.15) is 32.4 Å². The number of rotatable bonds is 2. The van der Waals surface area contributed by atoms with Crippen molar-refractivity contribution in [2.75, 3.05) is 0 Å². The molecular formula is C12H18FNO. The van der Waals surface area contributed by atoms with E-state index in [1.54, 1.807) is 12.1 Å². The highest BCUT2D eigenvalue weighted by Gasteiger charge is 2.28. The molecule has 3 heteroatoms. The lowest BCUT2D eigenvalue weighted by atomic mass is 9.82. The van der Waals surface area contributed by atoms with Crippen LogP contribution in [-0.2, 0) is 0 Å². The van der Waals surface area contributed by atoms with Crippen LogP contribution in [0.5, 0.6) is 0 Å². The molecule has 0 bridgehead atoms. The predicted octanol–water partition coefficient (Wildman–Crippen LogP) is 2.23. The molecule has 0 fully saturated rings. The number of aliphatic hydroxyl groups excluding tert-OH is 1. The van der Waals surface area contributed by atoms with Gasteiger partial charge in [0.2, 0.25) is 0 Å². The van der Waals surface area contributed by atoms with Crippen LogP contribution < -0.4 is 5.73 Å². The summed E-state index contributed by atoms with van der Waals surface area (Å²) < 4.78 is 12.7. The molecule has 84 valence electrons. The molecule has 1 rings (SSSR count). The molecule has 0 aromatic heterocycles. The summed E-state index contributed by atoms with van der Waals surface area (Å²) in [5.41, 5.74) is 6.37. The first kappa shape index (κ1) is 12.1. The van der Waals surface area contributed by atoms with Crippen LogP contribution in [0.4, 0.5) is 4.39 Å². The molecule has 0 radical (unpaired) electrons. The second-order valence-electron chi connectivity index (χ2n) is 4.89. The zero-order chi connectivity index (χ0) is 11.6. The Morgan fingerprint density at radius 3 is 2.07 bits per heavy atom. The Hall–Kier alpha value is -0.930. The predicted molar refractivity (Wildman–Crippen MR) is 58.8 cm³/mol. The second kappa shape index (κ2) is 4.29. The highest BCUT2D eigenvalue weighted by Crippen LogP contribution is 2.28. The Balaban J connectivity index is 2.85. The lowest BCUT2D eigenvalue weighted by Crippen LogP contribution is -2.36. The maximum absolute atomic E-state index is 12.7. The van der Waals surface area contributed by atoms with Crippen molar-refractivity contribution in [1.29, 1.82) is 0 Å². The van der Waals surface area contributed by atoms with Crippen LogP contribution in [0.15, 0.2) is 24.3 Å². The molecule has 0 amide bonds. The first-order chi connectivity index (χ1) is 6.82. The van der Waals surface area contributed by atoms with E-state index in [2.05, 4.69) is 0 Å². The molecule has 2 nitrogen and oxygen atoms in total. The molecule has 0 heterocycles. The van der Waals surface area contributed by atoms with Crippen molar-refractivity contribution in [2.45, 2.75) is 32.9 Å². The van der Waals surface area contributed by atoms with Gasteiger partial charge in [-0.05, 0) is 23.1 Å². The maximum atomic E-state index is 12.7. The van der Waals surface area contributed by atoms with Gasteiger partial charge in [0.05, 0.1) is 12.1 Å². The fourth-order valence-electron chi connectivity index (χ4n) is 1.41. The summed E-state index contributed by atoms with van der Waals surface area (Å²) in [5.74, 6) is -0.295.